The maximum atomic E-state index is 12.0. The van der Waals surface area contributed by atoms with Gasteiger partial charge in [-0.05, 0) is 31.0 Å². The molecule has 0 atom stereocenters. The summed E-state index contributed by atoms with van der Waals surface area (Å²) in [4.78, 5) is 12.0. The minimum atomic E-state index is -0.137. The Hall–Kier alpha value is -2.10. The summed E-state index contributed by atoms with van der Waals surface area (Å²) in [5.74, 6) is -0.137. The molecule has 0 unspecified atom stereocenters. The van der Waals surface area contributed by atoms with Gasteiger partial charge in [0.1, 0.15) is 5.69 Å². The van der Waals surface area contributed by atoms with Crippen LogP contribution in [0, 0.1) is 13.8 Å². The molecule has 88 valence electrons. The van der Waals surface area contributed by atoms with Crippen LogP contribution in [-0.2, 0) is 7.05 Å². The fourth-order valence-corrected chi connectivity index (χ4v) is 1.79. The third kappa shape index (κ3) is 2.20. The highest BCUT2D eigenvalue weighted by atomic mass is 16.2. The highest BCUT2D eigenvalue weighted by Crippen LogP contribution is 2.20. The Balaban J connectivity index is 2.28. The lowest BCUT2D eigenvalue weighted by molar-refractivity contribution is 0.101. The van der Waals surface area contributed by atoms with E-state index in [1.54, 1.807) is 24.0 Å². The molecule has 0 bridgehead atoms. The van der Waals surface area contributed by atoms with Crippen LogP contribution >= 0.6 is 0 Å². The maximum absolute atomic E-state index is 12.0. The van der Waals surface area contributed by atoms with E-state index in [1.165, 1.54) is 0 Å². The molecule has 1 aromatic carbocycles. The molecule has 0 fully saturated rings. The summed E-state index contributed by atoms with van der Waals surface area (Å²) in [6.07, 6.45) is 1.61. The molecule has 0 saturated carbocycles. The average Bonchev–Trinajstić information content (AvgIpc) is 2.70. The van der Waals surface area contributed by atoms with E-state index in [-0.39, 0.29) is 5.91 Å². The van der Waals surface area contributed by atoms with Gasteiger partial charge >= 0.3 is 0 Å². The Kier molecular flexibility index (Phi) is 2.95. The molecule has 1 N–H and O–H groups in total. The molecule has 0 spiro atoms. The zero-order chi connectivity index (χ0) is 12.4. The van der Waals surface area contributed by atoms with Gasteiger partial charge in [0, 0.05) is 18.9 Å². The van der Waals surface area contributed by atoms with Crippen molar-refractivity contribution in [2.75, 3.05) is 5.32 Å². The van der Waals surface area contributed by atoms with Gasteiger partial charge in [0.2, 0.25) is 0 Å². The lowest BCUT2D eigenvalue weighted by Gasteiger charge is -2.11. The van der Waals surface area contributed by atoms with E-state index in [0.29, 0.717) is 5.69 Å². The second-order valence-corrected chi connectivity index (χ2v) is 4.06. The molecule has 2 aromatic rings. The van der Waals surface area contributed by atoms with Crippen molar-refractivity contribution in [1.82, 2.24) is 9.78 Å². The number of benzene rings is 1. The number of aryl methyl sites for hydroxylation is 3. The van der Waals surface area contributed by atoms with Crippen molar-refractivity contribution >= 4 is 11.6 Å². The van der Waals surface area contributed by atoms with Gasteiger partial charge in [-0.2, -0.15) is 5.10 Å². The van der Waals surface area contributed by atoms with Gasteiger partial charge in [0.05, 0.1) is 0 Å². The third-order valence-electron chi connectivity index (χ3n) is 2.77. The van der Waals surface area contributed by atoms with Crippen LogP contribution in [0.2, 0.25) is 0 Å². The zero-order valence-electron chi connectivity index (χ0n) is 10.2. The fourth-order valence-electron chi connectivity index (χ4n) is 1.79. The second kappa shape index (κ2) is 4.41. The SMILES string of the molecule is Cc1cccc(C)c1NC(=O)c1ccnn1C. The molecule has 0 radical (unpaired) electrons. The van der Waals surface area contributed by atoms with Gasteiger partial charge in [-0.3, -0.25) is 9.48 Å². The van der Waals surface area contributed by atoms with Crippen LogP contribution in [0.4, 0.5) is 5.69 Å². The number of rotatable bonds is 2. The van der Waals surface area contributed by atoms with Crippen LogP contribution in [0.25, 0.3) is 0 Å². The van der Waals surface area contributed by atoms with Crippen molar-refractivity contribution in [2.45, 2.75) is 13.8 Å². The second-order valence-electron chi connectivity index (χ2n) is 4.06. The first-order valence-corrected chi connectivity index (χ1v) is 5.45. The Morgan fingerprint density at radius 3 is 2.41 bits per heavy atom. The summed E-state index contributed by atoms with van der Waals surface area (Å²) in [5.41, 5.74) is 3.53. The highest BCUT2D eigenvalue weighted by Gasteiger charge is 2.12. The molecular formula is C13H15N3O. The van der Waals surface area contributed by atoms with E-state index >= 15 is 0 Å². The molecule has 1 aromatic heterocycles. The molecule has 17 heavy (non-hydrogen) atoms. The van der Waals surface area contributed by atoms with Crippen molar-refractivity contribution in [2.24, 2.45) is 7.05 Å². The van der Waals surface area contributed by atoms with Crippen LogP contribution in [0.15, 0.2) is 30.5 Å². The number of hydrogen-bond acceptors (Lipinski definition) is 2. The molecule has 0 saturated heterocycles. The summed E-state index contributed by atoms with van der Waals surface area (Å²) in [6.45, 7) is 3.96. The van der Waals surface area contributed by atoms with Crippen LogP contribution in [0.5, 0.6) is 0 Å². The van der Waals surface area contributed by atoms with Gasteiger partial charge in [-0.25, -0.2) is 0 Å². The van der Waals surface area contributed by atoms with Crippen LogP contribution in [-0.4, -0.2) is 15.7 Å². The van der Waals surface area contributed by atoms with Crippen molar-refractivity contribution < 1.29 is 4.79 Å². The van der Waals surface area contributed by atoms with E-state index in [9.17, 15) is 4.79 Å². The standard InChI is InChI=1S/C13H15N3O/c1-9-5-4-6-10(2)12(9)15-13(17)11-7-8-14-16(11)3/h4-8H,1-3H3,(H,15,17). The molecule has 4 heteroatoms. The molecule has 0 aliphatic rings. The van der Waals surface area contributed by atoms with Gasteiger partial charge < -0.3 is 5.32 Å². The molecule has 0 aliphatic carbocycles. The Morgan fingerprint density at radius 1 is 1.24 bits per heavy atom. The van der Waals surface area contributed by atoms with Gasteiger partial charge in [-0.15, -0.1) is 0 Å². The van der Waals surface area contributed by atoms with E-state index in [2.05, 4.69) is 10.4 Å². The first-order chi connectivity index (χ1) is 8.09. The van der Waals surface area contributed by atoms with Gasteiger partial charge in [0.25, 0.3) is 5.91 Å². The van der Waals surface area contributed by atoms with E-state index < -0.39 is 0 Å². The lowest BCUT2D eigenvalue weighted by Crippen LogP contribution is -2.17. The summed E-state index contributed by atoms with van der Waals surface area (Å²) in [5, 5.41) is 6.90. The van der Waals surface area contributed by atoms with Gasteiger partial charge in [0.15, 0.2) is 0 Å². The predicted molar refractivity (Wildman–Crippen MR) is 67.1 cm³/mol. The fraction of sp³-hybridized carbons (Fsp3) is 0.231. The minimum Gasteiger partial charge on any atom is -0.320 e. The van der Waals surface area contributed by atoms with Crippen molar-refractivity contribution in [3.8, 4) is 0 Å². The Morgan fingerprint density at radius 2 is 1.88 bits per heavy atom. The van der Waals surface area contributed by atoms with Crippen molar-refractivity contribution in [3.63, 3.8) is 0 Å². The van der Waals surface area contributed by atoms with E-state index in [4.69, 9.17) is 0 Å². The molecule has 0 aliphatic heterocycles. The minimum absolute atomic E-state index is 0.137. The number of hydrogen-bond donors (Lipinski definition) is 1. The number of carbonyl (C=O) groups is 1. The first kappa shape index (κ1) is 11.4. The highest BCUT2D eigenvalue weighted by molar-refractivity contribution is 6.03. The number of nitrogens with one attached hydrogen (secondary N) is 1. The maximum Gasteiger partial charge on any atom is 0.273 e. The summed E-state index contributed by atoms with van der Waals surface area (Å²) in [6, 6.07) is 7.63. The summed E-state index contributed by atoms with van der Waals surface area (Å²) >= 11 is 0. The number of para-hydroxylation sites is 1. The summed E-state index contributed by atoms with van der Waals surface area (Å²) in [7, 11) is 1.75. The van der Waals surface area contributed by atoms with Crippen molar-refractivity contribution in [1.29, 1.82) is 0 Å². The first-order valence-electron chi connectivity index (χ1n) is 5.45. The number of anilines is 1. The average molecular weight is 229 g/mol. The predicted octanol–water partition coefficient (Wildman–Crippen LogP) is 2.29. The summed E-state index contributed by atoms with van der Waals surface area (Å²) < 4.78 is 1.56. The molecular weight excluding hydrogens is 214 g/mol. The molecule has 4 nitrogen and oxygen atoms in total. The molecule has 1 amide bonds. The molecule has 2 rings (SSSR count). The van der Waals surface area contributed by atoms with Crippen LogP contribution in [0.1, 0.15) is 21.6 Å². The van der Waals surface area contributed by atoms with E-state index in [0.717, 1.165) is 16.8 Å². The largest absolute Gasteiger partial charge is 0.320 e. The number of amides is 1. The normalized spacial score (nSPS) is 10.3. The quantitative estimate of drug-likeness (QED) is 0.858. The van der Waals surface area contributed by atoms with E-state index in [1.807, 2.05) is 32.0 Å². The molecule has 1 heterocycles. The van der Waals surface area contributed by atoms with Crippen LogP contribution < -0.4 is 5.32 Å². The smallest absolute Gasteiger partial charge is 0.273 e. The Bertz CT molecular complexity index is 537. The zero-order valence-corrected chi connectivity index (χ0v) is 10.2. The van der Waals surface area contributed by atoms with Crippen molar-refractivity contribution in [3.05, 3.63) is 47.3 Å². The number of nitrogens with zero attached hydrogens (tertiary/aromatic N) is 2. The van der Waals surface area contributed by atoms with Gasteiger partial charge in [-0.1, -0.05) is 18.2 Å². The topological polar surface area (TPSA) is 46.9 Å². The third-order valence-corrected chi connectivity index (χ3v) is 2.77. The number of carbonyl (C=O) groups excluding carboxylic acids is 1. The monoisotopic (exact) mass is 229 g/mol. The lowest BCUT2D eigenvalue weighted by atomic mass is 10.1. The van der Waals surface area contributed by atoms with Crippen LogP contribution in [0.3, 0.4) is 0 Å². The Labute approximate surface area is 100 Å². The number of aromatic nitrogens is 2.